The second kappa shape index (κ2) is 6.73. The third kappa shape index (κ3) is 3.08. The van der Waals surface area contributed by atoms with E-state index in [0.717, 1.165) is 21.1 Å². The monoisotopic (exact) mass is 328 g/mol. The number of benzene rings is 1. The molecule has 1 aromatic heterocycles. The molecule has 21 heavy (non-hydrogen) atoms. The van der Waals surface area contributed by atoms with E-state index in [-0.39, 0.29) is 19.0 Å². The van der Waals surface area contributed by atoms with E-state index in [1.807, 2.05) is 0 Å². The van der Waals surface area contributed by atoms with Gasteiger partial charge in [0, 0.05) is 0 Å². The molecule has 8 heteroatoms. The predicted molar refractivity (Wildman–Crippen MR) is 81.2 cm³/mol. The van der Waals surface area contributed by atoms with E-state index in [4.69, 9.17) is 21.1 Å². The van der Waals surface area contributed by atoms with Crippen LogP contribution < -0.4 is 4.90 Å². The molecule has 0 aliphatic rings. The normalized spacial score (nSPS) is 10.4. The zero-order valence-corrected chi connectivity index (χ0v) is 13.0. The summed E-state index contributed by atoms with van der Waals surface area (Å²) in [6.45, 7) is 3.55. The molecule has 0 aliphatic heterocycles. The smallest absolute Gasteiger partial charge is 0.425 e. The number of fused-ring (bicyclic) bond motifs is 1. The van der Waals surface area contributed by atoms with Gasteiger partial charge in [0.1, 0.15) is 0 Å². The molecule has 0 spiro atoms. The molecule has 0 unspecified atom stereocenters. The first-order valence-electron chi connectivity index (χ1n) is 6.27. The molecule has 0 saturated carbocycles. The van der Waals surface area contributed by atoms with E-state index in [1.165, 1.54) is 0 Å². The largest absolute Gasteiger partial charge is 0.449 e. The van der Waals surface area contributed by atoms with Crippen molar-refractivity contribution in [3.05, 3.63) is 23.2 Å². The first kappa shape index (κ1) is 15.5. The van der Waals surface area contributed by atoms with Gasteiger partial charge in [-0.1, -0.05) is 17.7 Å². The molecule has 2 aromatic rings. The summed E-state index contributed by atoms with van der Waals surface area (Å²) >= 11 is 7.28. The number of aromatic nitrogens is 1. The zero-order chi connectivity index (χ0) is 15.4. The lowest BCUT2D eigenvalue weighted by atomic mass is 10.2. The summed E-state index contributed by atoms with van der Waals surface area (Å²) < 4.78 is 14.7. The van der Waals surface area contributed by atoms with Crippen molar-refractivity contribution in [1.82, 2.24) is 4.37 Å². The Morgan fingerprint density at radius 2 is 1.86 bits per heavy atom. The number of carbonyl (C=O) groups is 2. The summed E-state index contributed by atoms with van der Waals surface area (Å²) in [5.41, 5.74) is 0. The third-order valence-corrected chi connectivity index (χ3v) is 3.66. The Morgan fingerprint density at radius 3 is 2.43 bits per heavy atom. The van der Waals surface area contributed by atoms with Gasteiger partial charge in [-0.05, 0) is 37.5 Å². The summed E-state index contributed by atoms with van der Waals surface area (Å²) in [4.78, 5) is 24.8. The molecule has 2 amide bonds. The minimum Gasteiger partial charge on any atom is -0.449 e. The van der Waals surface area contributed by atoms with Crippen molar-refractivity contribution in [2.45, 2.75) is 13.8 Å². The average molecular weight is 329 g/mol. The van der Waals surface area contributed by atoms with Crippen molar-refractivity contribution in [2.24, 2.45) is 0 Å². The number of hydrogen-bond acceptors (Lipinski definition) is 6. The number of rotatable bonds is 3. The molecule has 0 bridgehead atoms. The van der Waals surface area contributed by atoms with Crippen molar-refractivity contribution in [3.63, 3.8) is 0 Å². The van der Waals surface area contributed by atoms with Crippen molar-refractivity contribution < 1.29 is 19.1 Å². The van der Waals surface area contributed by atoms with E-state index in [0.29, 0.717) is 10.4 Å². The van der Waals surface area contributed by atoms with Gasteiger partial charge >= 0.3 is 12.2 Å². The molecule has 0 atom stereocenters. The standard InChI is InChI=1S/C13H13ClN2O4S/c1-3-19-12(17)16(13(18)20-4-2)11-10-8(14)6-5-7-9(10)21-15-11/h5-7H,3-4H2,1-2H3. The Bertz CT molecular complexity index is 655. The second-order valence-corrected chi connectivity index (χ2v) is 5.06. The summed E-state index contributed by atoms with van der Waals surface area (Å²) in [6.07, 6.45) is -1.69. The Morgan fingerprint density at radius 1 is 1.24 bits per heavy atom. The Labute approximate surface area is 130 Å². The van der Waals surface area contributed by atoms with Gasteiger partial charge in [-0.15, -0.1) is 0 Å². The van der Waals surface area contributed by atoms with Gasteiger partial charge in [-0.3, -0.25) is 0 Å². The van der Waals surface area contributed by atoms with Gasteiger partial charge in [0.15, 0.2) is 5.82 Å². The van der Waals surface area contributed by atoms with Crippen LogP contribution in [0.4, 0.5) is 15.4 Å². The van der Waals surface area contributed by atoms with Crippen LogP contribution in [0.1, 0.15) is 13.8 Å². The molecule has 0 aliphatic carbocycles. The third-order valence-electron chi connectivity index (χ3n) is 2.54. The quantitative estimate of drug-likeness (QED) is 0.849. The fourth-order valence-corrected chi connectivity index (χ4v) is 2.82. The van der Waals surface area contributed by atoms with Crippen molar-refractivity contribution in [3.8, 4) is 0 Å². The second-order valence-electron chi connectivity index (χ2n) is 3.85. The number of imide groups is 1. The highest BCUT2D eigenvalue weighted by atomic mass is 35.5. The molecule has 0 saturated heterocycles. The first-order chi connectivity index (χ1) is 10.1. The van der Waals surface area contributed by atoms with E-state index < -0.39 is 12.2 Å². The highest BCUT2D eigenvalue weighted by molar-refractivity contribution is 7.14. The molecule has 2 rings (SSSR count). The SMILES string of the molecule is CCOC(=O)N(C(=O)OCC)c1nsc2cccc(Cl)c12. The van der Waals surface area contributed by atoms with E-state index in [1.54, 1.807) is 32.0 Å². The van der Waals surface area contributed by atoms with Gasteiger partial charge in [-0.25, -0.2) is 9.59 Å². The highest BCUT2D eigenvalue weighted by Gasteiger charge is 2.30. The number of amides is 2. The van der Waals surface area contributed by atoms with Crippen molar-refractivity contribution in [2.75, 3.05) is 18.1 Å². The number of anilines is 1. The van der Waals surface area contributed by atoms with Gasteiger partial charge < -0.3 is 9.47 Å². The lowest BCUT2D eigenvalue weighted by Gasteiger charge is -2.17. The number of ether oxygens (including phenoxy) is 2. The molecule has 6 nitrogen and oxygen atoms in total. The fourth-order valence-electron chi connectivity index (χ4n) is 1.71. The van der Waals surface area contributed by atoms with Crippen molar-refractivity contribution >= 4 is 51.2 Å². The van der Waals surface area contributed by atoms with Gasteiger partial charge in [0.25, 0.3) is 0 Å². The topological polar surface area (TPSA) is 68.7 Å². The molecular formula is C13H13ClN2O4S. The first-order valence-corrected chi connectivity index (χ1v) is 7.42. The fraction of sp³-hybridized carbons (Fsp3) is 0.308. The molecule has 1 heterocycles. The van der Waals surface area contributed by atoms with E-state index in [2.05, 4.69) is 4.37 Å². The Balaban J connectivity index is 2.53. The minimum atomic E-state index is -0.844. The molecular weight excluding hydrogens is 316 g/mol. The molecule has 0 N–H and O–H groups in total. The van der Waals surface area contributed by atoms with Gasteiger partial charge in [0.2, 0.25) is 0 Å². The summed E-state index contributed by atoms with van der Waals surface area (Å²) in [5, 5.41) is 0.917. The van der Waals surface area contributed by atoms with Gasteiger partial charge in [0.05, 0.1) is 28.3 Å². The molecule has 0 radical (unpaired) electrons. The Hall–Kier alpha value is -1.86. The maximum absolute atomic E-state index is 12.0. The van der Waals surface area contributed by atoms with Gasteiger partial charge in [-0.2, -0.15) is 9.27 Å². The van der Waals surface area contributed by atoms with E-state index in [9.17, 15) is 9.59 Å². The summed E-state index contributed by atoms with van der Waals surface area (Å²) in [6, 6.07) is 5.23. The van der Waals surface area contributed by atoms with Crippen LogP contribution in [-0.2, 0) is 9.47 Å². The summed E-state index contributed by atoms with van der Waals surface area (Å²) in [5.74, 6) is 0.123. The number of halogens is 1. The van der Waals surface area contributed by atoms with Crippen LogP contribution in [0.15, 0.2) is 18.2 Å². The maximum atomic E-state index is 12.0. The zero-order valence-electron chi connectivity index (χ0n) is 11.5. The number of nitrogens with zero attached hydrogens (tertiary/aromatic N) is 2. The molecule has 112 valence electrons. The summed E-state index contributed by atoms with van der Waals surface area (Å²) in [7, 11) is 0. The lowest BCUT2D eigenvalue weighted by Crippen LogP contribution is -2.38. The number of carbonyl (C=O) groups excluding carboxylic acids is 2. The van der Waals surface area contributed by atoms with Crippen molar-refractivity contribution in [1.29, 1.82) is 0 Å². The van der Waals surface area contributed by atoms with Crippen LogP contribution in [0, 0.1) is 0 Å². The van der Waals surface area contributed by atoms with Crippen LogP contribution >= 0.6 is 23.1 Å². The minimum absolute atomic E-state index is 0.123. The maximum Gasteiger partial charge on any atom is 0.425 e. The van der Waals surface area contributed by atoms with Crippen LogP contribution in [0.3, 0.4) is 0 Å². The van der Waals surface area contributed by atoms with Crippen LogP contribution in [-0.4, -0.2) is 29.8 Å². The number of hydrogen-bond donors (Lipinski definition) is 0. The lowest BCUT2D eigenvalue weighted by molar-refractivity contribution is 0.140. The van der Waals surface area contributed by atoms with Crippen LogP contribution in [0.5, 0.6) is 0 Å². The van der Waals surface area contributed by atoms with E-state index >= 15 is 0 Å². The predicted octanol–water partition coefficient (Wildman–Crippen LogP) is 4.07. The Kier molecular flexibility index (Phi) is 4.98. The molecule has 1 aromatic carbocycles. The highest BCUT2D eigenvalue weighted by Crippen LogP contribution is 2.35. The average Bonchev–Trinajstić information content (AvgIpc) is 2.85. The van der Waals surface area contributed by atoms with Crippen LogP contribution in [0.25, 0.3) is 10.1 Å². The van der Waals surface area contributed by atoms with Crippen LogP contribution in [0.2, 0.25) is 5.02 Å². The molecule has 0 fully saturated rings.